The Morgan fingerprint density at radius 1 is 0.520 bits per heavy atom. The highest BCUT2D eigenvalue weighted by molar-refractivity contribution is 8.13. The van der Waals surface area contributed by atoms with Crippen LogP contribution in [0.15, 0.2) is 0 Å². The molecule has 0 rings (SSSR count). The van der Waals surface area contributed by atoms with Gasteiger partial charge in [0.05, 0.1) is 0 Å². The number of rotatable bonds is 18. The maximum Gasteiger partial charge on any atom is 0.0365 e. The van der Waals surface area contributed by atoms with Crippen LogP contribution in [0.3, 0.4) is 0 Å². The summed E-state index contributed by atoms with van der Waals surface area (Å²) in [6.07, 6.45) is 3.86. The van der Waals surface area contributed by atoms with Crippen LogP contribution >= 0.6 is 122 Å². The van der Waals surface area contributed by atoms with Gasteiger partial charge in [-0.2, -0.15) is 110 Å². The Morgan fingerprint density at radius 3 is 1.32 bits per heavy atom. The molecule has 0 saturated carbocycles. The Morgan fingerprint density at radius 2 is 0.960 bits per heavy atom. The van der Waals surface area contributed by atoms with Crippen molar-refractivity contribution in [2.24, 2.45) is 0 Å². The first kappa shape index (κ1) is 30.7. The van der Waals surface area contributed by atoms with Crippen molar-refractivity contribution < 1.29 is 0 Å². The van der Waals surface area contributed by atoms with Crippen LogP contribution < -0.4 is 0 Å². The van der Waals surface area contributed by atoms with Crippen LogP contribution in [0.2, 0.25) is 0 Å². The van der Waals surface area contributed by atoms with E-state index >= 15 is 0 Å². The molecule has 0 heterocycles. The highest BCUT2D eigenvalue weighted by Crippen LogP contribution is 2.22. The molecule has 0 aromatic heterocycles. The summed E-state index contributed by atoms with van der Waals surface area (Å²) in [4.78, 5) is 0. The Bertz CT molecular complexity index is 202. The van der Waals surface area contributed by atoms with Crippen molar-refractivity contribution in [2.75, 3.05) is 61.3 Å². The lowest BCUT2D eigenvalue weighted by molar-refractivity contribution is 1.08. The van der Waals surface area contributed by atoms with Crippen LogP contribution in [-0.4, -0.2) is 66.5 Å². The largest absolute Gasteiger partial charge is 0.179 e. The van der Waals surface area contributed by atoms with E-state index in [9.17, 15) is 0 Å². The van der Waals surface area contributed by atoms with Gasteiger partial charge in [0.1, 0.15) is 0 Å². The van der Waals surface area contributed by atoms with E-state index in [1.54, 1.807) is 0 Å². The summed E-state index contributed by atoms with van der Waals surface area (Å²) in [5, 5.41) is 3.44. The summed E-state index contributed by atoms with van der Waals surface area (Å²) in [5.41, 5.74) is 0. The fourth-order valence-electron chi connectivity index (χ4n) is 1.42. The molecule has 0 amide bonds. The quantitative estimate of drug-likeness (QED) is 0.0752. The highest BCUT2D eigenvalue weighted by Gasteiger charge is 2.07. The topological polar surface area (TPSA) is 0 Å². The molecule has 10 heteroatoms. The molecule has 0 radical (unpaired) electrons. The SMILES string of the molecule is SCCCSCCCSCCCS.SCSCC(CSCS)SCS. The number of hydrogen-bond donors (Lipinski definition) is 5. The van der Waals surface area contributed by atoms with E-state index in [1.165, 1.54) is 53.8 Å². The molecular formula is C15H34S10. The van der Waals surface area contributed by atoms with Crippen molar-refractivity contribution in [1.82, 2.24) is 0 Å². The molecule has 0 aliphatic rings. The first-order chi connectivity index (χ1) is 12.3. The Kier molecular flexibility index (Phi) is 36.5. The van der Waals surface area contributed by atoms with Crippen molar-refractivity contribution in [3.63, 3.8) is 0 Å². The average molecular weight is 535 g/mol. The minimum Gasteiger partial charge on any atom is -0.179 e. The monoisotopic (exact) mass is 534 g/mol. The third-order valence-electron chi connectivity index (χ3n) is 2.57. The average Bonchev–Trinajstić information content (AvgIpc) is 2.63. The van der Waals surface area contributed by atoms with Gasteiger partial charge in [0.15, 0.2) is 0 Å². The summed E-state index contributed by atoms with van der Waals surface area (Å²) in [7, 11) is 0. The van der Waals surface area contributed by atoms with Gasteiger partial charge in [-0.25, -0.2) is 0 Å². The predicted molar refractivity (Wildman–Crippen MR) is 154 cm³/mol. The third kappa shape index (κ3) is 29.8. The fraction of sp³-hybridized carbons (Fsp3) is 1.00. The van der Waals surface area contributed by atoms with Crippen LogP contribution in [0.4, 0.5) is 0 Å². The zero-order chi connectivity index (χ0) is 19.0. The minimum atomic E-state index is 0.705. The van der Waals surface area contributed by atoms with E-state index in [2.05, 4.69) is 86.7 Å². The maximum atomic E-state index is 4.21. The molecule has 0 atom stereocenters. The van der Waals surface area contributed by atoms with Gasteiger partial charge in [-0.05, 0) is 53.8 Å². The van der Waals surface area contributed by atoms with Crippen molar-refractivity contribution >= 4 is 122 Å². The van der Waals surface area contributed by atoms with E-state index in [0.717, 1.165) is 26.8 Å². The van der Waals surface area contributed by atoms with Crippen molar-refractivity contribution in [3.05, 3.63) is 0 Å². The zero-order valence-electron chi connectivity index (χ0n) is 14.8. The lowest BCUT2D eigenvalue weighted by Gasteiger charge is -2.13. The molecule has 0 saturated heterocycles. The molecule has 0 spiro atoms. The van der Waals surface area contributed by atoms with Gasteiger partial charge >= 0.3 is 0 Å². The molecule has 0 bridgehead atoms. The first-order valence-electron chi connectivity index (χ1n) is 8.23. The molecule has 25 heavy (non-hydrogen) atoms. The first-order valence-corrected chi connectivity index (χ1v) is 17.1. The van der Waals surface area contributed by atoms with Gasteiger partial charge in [0, 0.05) is 32.0 Å². The number of thiol groups is 5. The second-order valence-corrected chi connectivity index (χ2v) is 13.6. The zero-order valence-corrected chi connectivity index (χ0v) is 23.3. The van der Waals surface area contributed by atoms with Crippen molar-refractivity contribution in [2.45, 2.75) is 24.5 Å². The molecule has 0 aromatic carbocycles. The summed E-state index contributed by atoms with van der Waals surface area (Å²) < 4.78 is 0. The van der Waals surface area contributed by atoms with E-state index < -0.39 is 0 Å². The van der Waals surface area contributed by atoms with Gasteiger partial charge in [-0.3, -0.25) is 0 Å². The standard InChI is InChI=1S/C9H20S4.C6H14S6/c10-4-1-6-12-8-3-9-13-7-2-5-11;7-3-10-1-6(12-5-9)2-11-4-8/h10-11H,1-9H2;6-9H,1-5H2. The molecule has 0 aliphatic heterocycles. The Labute approximate surface area is 205 Å². The van der Waals surface area contributed by atoms with Gasteiger partial charge in [0.2, 0.25) is 0 Å². The van der Waals surface area contributed by atoms with Gasteiger partial charge in [-0.15, -0.1) is 11.8 Å². The molecule has 0 N–H and O–H groups in total. The van der Waals surface area contributed by atoms with E-state index in [-0.39, 0.29) is 0 Å². The maximum absolute atomic E-state index is 4.21. The van der Waals surface area contributed by atoms with Crippen LogP contribution in [0.25, 0.3) is 0 Å². The molecule has 0 nitrogen and oxygen atoms in total. The van der Waals surface area contributed by atoms with E-state index in [1.807, 2.05) is 35.3 Å². The van der Waals surface area contributed by atoms with Crippen LogP contribution in [-0.2, 0) is 0 Å². The fourth-order valence-corrected chi connectivity index (χ4v) is 8.09. The lowest BCUT2D eigenvalue weighted by Crippen LogP contribution is -2.10. The Hall–Kier alpha value is 3.50. The molecule has 0 aliphatic carbocycles. The molecule has 154 valence electrons. The minimum absolute atomic E-state index is 0.705. The summed E-state index contributed by atoms with van der Waals surface area (Å²) in [5.74, 6) is 9.62. The predicted octanol–water partition coefficient (Wildman–Crippen LogP) is 6.70. The van der Waals surface area contributed by atoms with Crippen LogP contribution in [0.1, 0.15) is 19.3 Å². The second-order valence-electron chi connectivity index (χ2n) is 4.65. The van der Waals surface area contributed by atoms with Gasteiger partial charge in [0.25, 0.3) is 0 Å². The van der Waals surface area contributed by atoms with Crippen molar-refractivity contribution in [3.8, 4) is 0 Å². The third-order valence-corrected chi connectivity index (χ3v) is 10.1. The Balaban J connectivity index is 0. The molecule has 0 unspecified atom stereocenters. The smallest absolute Gasteiger partial charge is 0.0365 e. The van der Waals surface area contributed by atoms with Crippen LogP contribution in [0.5, 0.6) is 0 Å². The van der Waals surface area contributed by atoms with Crippen LogP contribution in [0, 0.1) is 0 Å². The number of hydrogen-bond acceptors (Lipinski definition) is 10. The number of thioether (sulfide) groups is 5. The lowest BCUT2D eigenvalue weighted by atomic mass is 10.5. The van der Waals surface area contributed by atoms with E-state index in [4.69, 9.17) is 0 Å². The van der Waals surface area contributed by atoms with Gasteiger partial charge < -0.3 is 0 Å². The summed E-state index contributed by atoms with van der Waals surface area (Å²) >= 11 is 30.7. The summed E-state index contributed by atoms with van der Waals surface area (Å²) in [6, 6.07) is 0. The normalized spacial score (nSPS) is 10.8. The van der Waals surface area contributed by atoms with Gasteiger partial charge in [-0.1, -0.05) is 0 Å². The van der Waals surface area contributed by atoms with E-state index in [0.29, 0.717) is 5.25 Å². The highest BCUT2D eigenvalue weighted by atomic mass is 32.2. The summed E-state index contributed by atoms with van der Waals surface area (Å²) in [6.45, 7) is 0. The van der Waals surface area contributed by atoms with Crippen molar-refractivity contribution in [1.29, 1.82) is 0 Å². The molecule has 0 aromatic rings. The molecule has 0 fully saturated rings. The molecular weight excluding hydrogens is 501 g/mol. The second kappa shape index (κ2) is 29.7.